The van der Waals surface area contributed by atoms with Crippen molar-refractivity contribution in [2.75, 3.05) is 13.1 Å². The highest BCUT2D eigenvalue weighted by Crippen LogP contribution is 2.12. The average molecular weight is 298 g/mol. The van der Waals surface area contributed by atoms with Crippen LogP contribution in [0, 0.1) is 4.77 Å². The van der Waals surface area contributed by atoms with E-state index in [1.54, 1.807) is 0 Å². The van der Waals surface area contributed by atoms with Crippen molar-refractivity contribution in [2.24, 2.45) is 0 Å². The molecular weight excluding hydrogens is 272 g/mol. The molecule has 0 saturated carbocycles. The van der Waals surface area contributed by atoms with E-state index in [0.717, 1.165) is 37.5 Å². The zero-order chi connectivity index (χ0) is 14.4. The first-order chi connectivity index (χ1) is 9.76. The van der Waals surface area contributed by atoms with E-state index in [1.165, 1.54) is 32.1 Å². The summed E-state index contributed by atoms with van der Waals surface area (Å²) < 4.78 is 4.57. The number of aliphatic hydroxyl groups excluding tert-OH is 1. The van der Waals surface area contributed by atoms with Crippen molar-refractivity contribution in [1.29, 1.82) is 0 Å². The second kappa shape index (κ2) is 7.90. The Balaban J connectivity index is 2.09. The number of likely N-dealkylation sites (tertiary alicyclic amines) is 1. The Labute approximate surface area is 126 Å². The molecule has 1 aromatic heterocycles. The Morgan fingerprint density at radius 2 is 1.80 bits per heavy atom. The fourth-order valence-corrected chi connectivity index (χ4v) is 3.08. The van der Waals surface area contributed by atoms with Crippen LogP contribution in [0.5, 0.6) is 0 Å². The van der Waals surface area contributed by atoms with Crippen molar-refractivity contribution < 1.29 is 5.11 Å². The molecular formula is C14H26N4OS. The van der Waals surface area contributed by atoms with Crippen molar-refractivity contribution >= 4 is 12.2 Å². The largest absolute Gasteiger partial charge is 0.388 e. The molecule has 0 atom stereocenters. The third kappa shape index (κ3) is 3.90. The zero-order valence-electron chi connectivity index (χ0n) is 12.4. The van der Waals surface area contributed by atoms with Crippen molar-refractivity contribution in [1.82, 2.24) is 19.2 Å². The first-order valence-corrected chi connectivity index (χ1v) is 8.16. The van der Waals surface area contributed by atoms with Gasteiger partial charge in [-0.05, 0) is 44.6 Å². The fraction of sp³-hybridized carbons (Fsp3) is 0.857. The first kappa shape index (κ1) is 15.7. The van der Waals surface area contributed by atoms with Crippen LogP contribution in [0.25, 0.3) is 0 Å². The number of aromatic nitrogens is 3. The molecule has 6 heteroatoms. The summed E-state index contributed by atoms with van der Waals surface area (Å²) in [6.45, 7) is 5.89. The van der Waals surface area contributed by atoms with Crippen LogP contribution in [0.4, 0.5) is 0 Å². The molecule has 0 aromatic carbocycles. The Morgan fingerprint density at radius 1 is 1.15 bits per heavy atom. The molecule has 1 aliphatic rings. The molecule has 1 fully saturated rings. The molecule has 114 valence electrons. The summed E-state index contributed by atoms with van der Waals surface area (Å²) in [6, 6.07) is 0. The summed E-state index contributed by atoms with van der Waals surface area (Å²) in [7, 11) is 0. The molecule has 1 aliphatic heterocycles. The van der Waals surface area contributed by atoms with Gasteiger partial charge < -0.3 is 9.67 Å². The van der Waals surface area contributed by atoms with Crippen molar-refractivity contribution in [3.8, 4) is 0 Å². The van der Waals surface area contributed by atoms with E-state index in [0.29, 0.717) is 5.82 Å². The highest BCUT2D eigenvalue weighted by Gasteiger charge is 2.13. The fourth-order valence-electron chi connectivity index (χ4n) is 2.79. The number of hydrogen-bond donors (Lipinski definition) is 1. The summed E-state index contributed by atoms with van der Waals surface area (Å²) in [5, 5.41) is 13.9. The Hall–Kier alpha value is -0.720. The van der Waals surface area contributed by atoms with E-state index in [9.17, 15) is 5.11 Å². The number of rotatable bonds is 5. The standard InChI is InChI=1S/C14H26N4OS/c1-2-8-17-13(11-19)15-18(14(17)20)12-16-9-6-4-3-5-7-10-16/h19H,2-12H2,1H3. The van der Waals surface area contributed by atoms with E-state index in [2.05, 4.69) is 16.9 Å². The number of hydrogen-bond acceptors (Lipinski definition) is 4. The van der Waals surface area contributed by atoms with E-state index >= 15 is 0 Å². The van der Waals surface area contributed by atoms with Gasteiger partial charge in [0.2, 0.25) is 0 Å². The maximum atomic E-state index is 9.41. The van der Waals surface area contributed by atoms with Crippen LogP contribution < -0.4 is 0 Å². The van der Waals surface area contributed by atoms with Crippen LogP contribution in [-0.4, -0.2) is 37.4 Å². The van der Waals surface area contributed by atoms with Crippen LogP contribution >= 0.6 is 12.2 Å². The van der Waals surface area contributed by atoms with E-state index in [4.69, 9.17) is 12.2 Å². The summed E-state index contributed by atoms with van der Waals surface area (Å²) in [5.41, 5.74) is 0. The van der Waals surface area contributed by atoms with Gasteiger partial charge >= 0.3 is 0 Å². The summed E-state index contributed by atoms with van der Waals surface area (Å²) in [6.07, 6.45) is 7.54. The Kier molecular flexibility index (Phi) is 6.19. The molecule has 0 amide bonds. The minimum Gasteiger partial charge on any atom is -0.388 e. The van der Waals surface area contributed by atoms with Gasteiger partial charge in [0, 0.05) is 6.54 Å². The minimum absolute atomic E-state index is 0.0450. The van der Waals surface area contributed by atoms with Crippen LogP contribution in [0.15, 0.2) is 0 Å². The Bertz CT molecular complexity index is 460. The molecule has 1 N–H and O–H groups in total. The van der Waals surface area contributed by atoms with Gasteiger partial charge in [-0.15, -0.1) is 0 Å². The number of aliphatic hydroxyl groups is 1. The molecule has 0 radical (unpaired) electrons. The van der Waals surface area contributed by atoms with E-state index < -0.39 is 0 Å². The normalized spacial score (nSPS) is 17.9. The lowest BCUT2D eigenvalue weighted by Gasteiger charge is -2.24. The van der Waals surface area contributed by atoms with Crippen LogP contribution in [0.1, 0.15) is 51.3 Å². The van der Waals surface area contributed by atoms with E-state index in [1.807, 2.05) is 9.25 Å². The molecule has 2 heterocycles. The lowest BCUT2D eigenvalue weighted by molar-refractivity contribution is 0.186. The SMILES string of the molecule is CCCn1c(CO)nn(CN2CCCCCCC2)c1=S. The molecule has 0 aliphatic carbocycles. The van der Waals surface area contributed by atoms with Gasteiger partial charge in [-0.25, -0.2) is 4.68 Å². The van der Waals surface area contributed by atoms with Crippen LogP contribution in [0.3, 0.4) is 0 Å². The van der Waals surface area contributed by atoms with E-state index in [-0.39, 0.29) is 6.61 Å². The summed E-state index contributed by atoms with van der Waals surface area (Å²) >= 11 is 5.50. The molecule has 1 saturated heterocycles. The smallest absolute Gasteiger partial charge is 0.199 e. The van der Waals surface area contributed by atoms with Gasteiger partial charge in [0.1, 0.15) is 6.61 Å². The highest BCUT2D eigenvalue weighted by molar-refractivity contribution is 7.71. The van der Waals surface area contributed by atoms with Gasteiger partial charge in [0.15, 0.2) is 10.6 Å². The lowest BCUT2D eigenvalue weighted by atomic mass is 10.1. The second-order valence-corrected chi connectivity index (χ2v) is 5.90. The maximum absolute atomic E-state index is 9.41. The third-order valence-electron chi connectivity index (χ3n) is 3.87. The molecule has 0 unspecified atom stereocenters. The zero-order valence-corrected chi connectivity index (χ0v) is 13.2. The minimum atomic E-state index is -0.0450. The first-order valence-electron chi connectivity index (χ1n) is 7.76. The molecule has 1 aromatic rings. The topological polar surface area (TPSA) is 46.2 Å². The number of nitrogens with zero attached hydrogens (tertiary/aromatic N) is 4. The second-order valence-electron chi connectivity index (χ2n) is 5.54. The van der Waals surface area contributed by atoms with Gasteiger partial charge in [0.25, 0.3) is 0 Å². The Morgan fingerprint density at radius 3 is 2.40 bits per heavy atom. The van der Waals surface area contributed by atoms with Crippen LogP contribution in [-0.2, 0) is 19.8 Å². The molecule has 2 rings (SSSR count). The van der Waals surface area contributed by atoms with Crippen molar-refractivity contribution in [2.45, 2.75) is 65.3 Å². The molecule has 20 heavy (non-hydrogen) atoms. The van der Waals surface area contributed by atoms with Gasteiger partial charge in [-0.2, -0.15) is 5.10 Å². The molecule has 0 bridgehead atoms. The molecule has 0 spiro atoms. The van der Waals surface area contributed by atoms with Crippen molar-refractivity contribution in [3.05, 3.63) is 10.6 Å². The molecule has 5 nitrogen and oxygen atoms in total. The van der Waals surface area contributed by atoms with Crippen molar-refractivity contribution in [3.63, 3.8) is 0 Å². The predicted octanol–water partition coefficient (Wildman–Crippen LogP) is 2.54. The van der Waals surface area contributed by atoms with Gasteiger partial charge in [0.05, 0.1) is 6.67 Å². The van der Waals surface area contributed by atoms with Gasteiger partial charge in [-0.3, -0.25) is 4.90 Å². The summed E-state index contributed by atoms with van der Waals surface area (Å²) in [4.78, 5) is 2.43. The monoisotopic (exact) mass is 298 g/mol. The summed E-state index contributed by atoms with van der Waals surface area (Å²) in [5.74, 6) is 0.684. The van der Waals surface area contributed by atoms with Gasteiger partial charge in [-0.1, -0.05) is 26.2 Å². The maximum Gasteiger partial charge on any atom is 0.199 e. The third-order valence-corrected chi connectivity index (χ3v) is 4.30. The quantitative estimate of drug-likeness (QED) is 0.849. The highest BCUT2D eigenvalue weighted by atomic mass is 32.1. The lowest BCUT2D eigenvalue weighted by Crippen LogP contribution is -2.30. The van der Waals surface area contributed by atoms with Crippen LogP contribution in [0.2, 0.25) is 0 Å². The predicted molar refractivity (Wildman–Crippen MR) is 81.9 cm³/mol. The average Bonchev–Trinajstić information content (AvgIpc) is 2.70.